The molecule has 5 heteroatoms. The second-order valence-corrected chi connectivity index (χ2v) is 5.80. The first-order valence-corrected chi connectivity index (χ1v) is 7.58. The lowest BCUT2D eigenvalue weighted by Gasteiger charge is -2.32. The fraction of sp³-hybridized carbons (Fsp3) is 0.471. The van der Waals surface area contributed by atoms with Crippen molar-refractivity contribution in [1.29, 1.82) is 0 Å². The SMILES string of the molecule is CNCC1CCCN(C(=O)/C=C(/C)c2ccc(F)cc2F)C1. The second-order valence-electron chi connectivity index (χ2n) is 5.80. The normalized spacial score (nSPS) is 19.4. The molecule has 1 aliphatic rings. The molecule has 0 aliphatic carbocycles. The minimum absolute atomic E-state index is 0.109. The highest BCUT2D eigenvalue weighted by atomic mass is 19.1. The van der Waals surface area contributed by atoms with Crippen molar-refractivity contribution in [3.63, 3.8) is 0 Å². The summed E-state index contributed by atoms with van der Waals surface area (Å²) in [5, 5.41) is 3.14. The Kier molecular flexibility index (Phi) is 5.66. The van der Waals surface area contributed by atoms with Gasteiger partial charge in [0.2, 0.25) is 5.91 Å². The molecule has 1 atom stereocenters. The van der Waals surface area contributed by atoms with Gasteiger partial charge in [0.1, 0.15) is 11.6 Å². The van der Waals surface area contributed by atoms with Gasteiger partial charge >= 0.3 is 0 Å². The average molecular weight is 308 g/mol. The number of allylic oxidation sites excluding steroid dienone is 1. The Bertz CT molecular complexity index is 570. The van der Waals surface area contributed by atoms with Gasteiger partial charge in [-0.05, 0) is 57.0 Å². The Labute approximate surface area is 130 Å². The molecule has 1 unspecified atom stereocenters. The van der Waals surface area contributed by atoms with Gasteiger partial charge in [-0.15, -0.1) is 0 Å². The van der Waals surface area contributed by atoms with E-state index in [2.05, 4.69) is 5.32 Å². The predicted octanol–water partition coefficient (Wildman–Crippen LogP) is 2.83. The summed E-state index contributed by atoms with van der Waals surface area (Å²) in [6.07, 6.45) is 3.54. The zero-order chi connectivity index (χ0) is 16.1. The molecule has 0 saturated carbocycles. The quantitative estimate of drug-likeness (QED) is 0.868. The molecule has 1 amide bonds. The van der Waals surface area contributed by atoms with Gasteiger partial charge in [-0.25, -0.2) is 8.78 Å². The number of hydrogen-bond acceptors (Lipinski definition) is 2. The van der Waals surface area contributed by atoms with Crippen molar-refractivity contribution >= 4 is 11.5 Å². The van der Waals surface area contributed by atoms with Crippen LogP contribution in [0.5, 0.6) is 0 Å². The lowest BCUT2D eigenvalue weighted by Crippen LogP contribution is -2.41. The Morgan fingerprint density at radius 2 is 2.23 bits per heavy atom. The van der Waals surface area contributed by atoms with Crippen LogP contribution in [0, 0.1) is 17.6 Å². The van der Waals surface area contributed by atoms with Crippen LogP contribution in [0.1, 0.15) is 25.3 Å². The van der Waals surface area contributed by atoms with E-state index in [0.717, 1.165) is 38.5 Å². The van der Waals surface area contributed by atoms with Gasteiger partial charge in [0, 0.05) is 30.8 Å². The second kappa shape index (κ2) is 7.49. The van der Waals surface area contributed by atoms with Gasteiger partial charge in [0.05, 0.1) is 0 Å². The van der Waals surface area contributed by atoms with Crippen LogP contribution in [-0.2, 0) is 4.79 Å². The first kappa shape index (κ1) is 16.6. The summed E-state index contributed by atoms with van der Waals surface area (Å²) in [5.74, 6) is -0.916. The van der Waals surface area contributed by atoms with E-state index in [1.165, 1.54) is 18.2 Å². The monoisotopic (exact) mass is 308 g/mol. The van der Waals surface area contributed by atoms with Crippen LogP contribution in [0.3, 0.4) is 0 Å². The average Bonchev–Trinajstić information content (AvgIpc) is 2.47. The van der Waals surface area contributed by atoms with Crippen molar-refractivity contribution in [2.75, 3.05) is 26.7 Å². The van der Waals surface area contributed by atoms with E-state index in [1.54, 1.807) is 11.8 Å². The first-order valence-electron chi connectivity index (χ1n) is 7.58. The Hall–Kier alpha value is -1.75. The third-order valence-electron chi connectivity index (χ3n) is 4.02. The van der Waals surface area contributed by atoms with Crippen LogP contribution >= 0.6 is 0 Å². The molecule has 1 aromatic rings. The minimum atomic E-state index is -0.645. The fourth-order valence-electron chi connectivity index (χ4n) is 2.88. The molecule has 1 aliphatic heterocycles. The standard InChI is InChI=1S/C17H22F2N2O/c1-12(15-6-5-14(18)9-16(15)19)8-17(22)21-7-3-4-13(11-21)10-20-2/h5-6,8-9,13,20H,3-4,7,10-11H2,1-2H3/b12-8-. The largest absolute Gasteiger partial charge is 0.339 e. The molecule has 3 nitrogen and oxygen atoms in total. The third kappa shape index (κ3) is 4.13. The maximum atomic E-state index is 13.7. The number of carbonyl (C=O) groups is 1. The van der Waals surface area contributed by atoms with E-state index < -0.39 is 11.6 Å². The lowest BCUT2D eigenvalue weighted by atomic mass is 9.97. The van der Waals surface area contributed by atoms with Crippen LogP contribution in [0.4, 0.5) is 8.78 Å². The molecule has 1 aromatic carbocycles. The van der Waals surface area contributed by atoms with Gasteiger partial charge in [-0.3, -0.25) is 4.79 Å². The number of rotatable bonds is 4. The highest BCUT2D eigenvalue weighted by molar-refractivity contribution is 5.95. The van der Waals surface area contributed by atoms with Crippen molar-refractivity contribution in [2.45, 2.75) is 19.8 Å². The highest BCUT2D eigenvalue weighted by Crippen LogP contribution is 2.21. The summed E-state index contributed by atoms with van der Waals surface area (Å²) in [4.78, 5) is 14.1. The van der Waals surface area contributed by atoms with Gasteiger partial charge in [-0.2, -0.15) is 0 Å². The predicted molar refractivity (Wildman–Crippen MR) is 83.2 cm³/mol. The molecule has 0 bridgehead atoms. The van der Waals surface area contributed by atoms with E-state index in [4.69, 9.17) is 0 Å². The number of hydrogen-bond donors (Lipinski definition) is 1. The lowest BCUT2D eigenvalue weighted by molar-refractivity contribution is -0.127. The molecule has 1 fully saturated rings. The number of benzene rings is 1. The number of amides is 1. The van der Waals surface area contributed by atoms with Crippen molar-refractivity contribution in [3.8, 4) is 0 Å². The van der Waals surface area contributed by atoms with Gasteiger partial charge < -0.3 is 10.2 Å². The molecule has 1 heterocycles. The summed E-state index contributed by atoms with van der Waals surface area (Å²) in [6.45, 7) is 4.01. The number of nitrogens with zero attached hydrogens (tertiary/aromatic N) is 1. The maximum absolute atomic E-state index is 13.7. The van der Waals surface area contributed by atoms with E-state index in [-0.39, 0.29) is 11.5 Å². The minimum Gasteiger partial charge on any atom is -0.339 e. The number of carbonyl (C=O) groups excluding carboxylic acids is 1. The Balaban J connectivity index is 2.08. The fourth-order valence-corrected chi connectivity index (χ4v) is 2.88. The number of nitrogens with one attached hydrogen (secondary N) is 1. The molecular formula is C17H22F2N2O. The van der Waals surface area contributed by atoms with Crippen LogP contribution in [-0.4, -0.2) is 37.5 Å². The van der Waals surface area contributed by atoms with Crippen LogP contribution < -0.4 is 5.32 Å². The van der Waals surface area contributed by atoms with E-state index in [1.807, 2.05) is 7.05 Å². The zero-order valence-electron chi connectivity index (χ0n) is 13.0. The van der Waals surface area contributed by atoms with Gasteiger partial charge in [0.25, 0.3) is 0 Å². The van der Waals surface area contributed by atoms with Crippen molar-refractivity contribution in [3.05, 3.63) is 41.5 Å². The number of likely N-dealkylation sites (tertiary alicyclic amines) is 1. The van der Waals surface area contributed by atoms with Crippen LogP contribution in [0.25, 0.3) is 5.57 Å². The van der Waals surface area contributed by atoms with Crippen molar-refractivity contribution in [2.24, 2.45) is 5.92 Å². The molecule has 1 N–H and O–H groups in total. The first-order chi connectivity index (χ1) is 10.5. The molecule has 22 heavy (non-hydrogen) atoms. The van der Waals surface area contributed by atoms with Crippen LogP contribution in [0.15, 0.2) is 24.3 Å². The van der Waals surface area contributed by atoms with E-state index >= 15 is 0 Å². The van der Waals surface area contributed by atoms with Gasteiger partial charge in [-0.1, -0.05) is 0 Å². The highest BCUT2D eigenvalue weighted by Gasteiger charge is 2.22. The molecular weight excluding hydrogens is 286 g/mol. The van der Waals surface area contributed by atoms with Crippen molar-refractivity contribution in [1.82, 2.24) is 10.2 Å². The van der Waals surface area contributed by atoms with Crippen LogP contribution in [0.2, 0.25) is 0 Å². The number of halogens is 2. The topological polar surface area (TPSA) is 32.3 Å². The molecule has 2 rings (SSSR count). The third-order valence-corrected chi connectivity index (χ3v) is 4.02. The molecule has 0 aromatic heterocycles. The Morgan fingerprint density at radius 1 is 1.45 bits per heavy atom. The summed E-state index contributed by atoms with van der Waals surface area (Å²) in [7, 11) is 1.90. The van der Waals surface area contributed by atoms with E-state index in [9.17, 15) is 13.6 Å². The summed E-state index contributed by atoms with van der Waals surface area (Å²) >= 11 is 0. The molecule has 1 saturated heterocycles. The Morgan fingerprint density at radius 3 is 2.91 bits per heavy atom. The molecule has 0 radical (unpaired) electrons. The maximum Gasteiger partial charge on any atom is 0.246 e. The summed E-state index contributed by atoms with van der Waals surface area (Å²) in [5.41, 5.74) is 0.775. The zero-order valence-corrected chi connectivity index (χ0v) is 13.0. The van der Waals surface area contributed by atoms with Gasteiger partial charge in [0.15, 0.2) is 0 Å². The summed E-state index contributed by atoms with van der Waals surface area (Å²) in [6, 6.07) is 3.40. The summed E-state index contributed by atoms with van der Waals surface area (Å²) < 4.78 is 26.7. The smallest absolute Gasteiger partial charge is 0.246 e. The number of piperidine rings is 1. The molecule has 0 spiro atoms. The van der Waals surface area contributed by atoms with E-state index in [0.29, 0.717) is 11.5 Å². The molecule has 120 valence electrons. The van der Waals surface area contributed by atoms with Crippen molar-refractivity contribution < 1.29 is 13.6 Å².